The van der Waals surface area contributed by atoms with Crippen molar-refractivity contribution in [3.8, 4) is 0 Å². The van der Waals surface area contributed by atoms with Crippen LogP contribution >= 0.6 is 0 Å². The topological polar surface area (TPSA) is 21.6 Å². The molecular weight excluding hydrogens is 234 g/mol. The van der Waals surface area contributed by atoms with Crippen molar-refractivity contribution in [1.82, 2.24) is 0 Å². The minimum Gasteiger partial charge on any atom is -0.484 e. The Kier molecular flexibility index (Phi) is 3.32. The third-order valence-corrected chi connectivity index (χ3v) is 3.63. The van der Waals surface area contributed by atoms with Crippen LogP contribution in [0.4, 0.5) is 5.69 Å². The lowest BCUT2D eigenvalue weighted by Crippen LogP contribution is -2.14. The van der Waals surface area contributed by atoms with Gasteiger partial charge in [-0.15, -0.1) is 0 Å². The number of fused-ring (bicyclic) bond motifs is 1. The Bertz CT molecular complexity index is 589. The minimum absolute atomic E-state index is 0.249. The quantitative estimate of drug-likeness (QED) is 0.748. The maximum Gasteiger partial charge on any atom is 0.195 e. The zero-order chi connectivity index (χ0) is 13.1. The maximum atomic E-state index is 5.55. The van der Waals surface area contributed by atoms with E-state index in [1.807, 2.05) is 12.1 Å². The molecule has 0 spiro atoms. The standard InChI is InChI=1S/C17H17NO/c1-19-17-15(13-7-3-2-4-8-13)12-11-14-9-5-6-10-16(14)18-17/h2-10,15H,11-12H2,1H3. The van der Waals surface area contributed by atoms with Crippen LogP contribution in [-0.4, -0.2) is 13.0 Å². The van der Waals surface area contributed by atoms with Gasteiger partial charge < -0.3 is 4.74 Å². The van der Waals surface area contributed by atoms with Gasteiger partial charge in [0, 0.05) is 0 Å². The summed E-state index contributed by atoms with van der Waals surface area (Å²) in [4.78, 5) is 4.71. The molecule has 0 aliphatic carbocycles. The van der Waals surface area contributed by atoms with Crippen LogP contribution in [0.15, 0.2) is 59.6 Å². The molecule has 2 aromatic rings. The van der Waals surface area contributed by atoms with Crippen molar-refractivity contribution in [3.05, 3.63) is 65.7 Å². The lowest BCUT2D eigenvalue weighted by atomic mass is 9.93. The van der Waals surface area contributed by atoms with Crippen LogP contribution < -0.4 is 0 Å². The van der Waals surface area contributed by atoms with Gasteiger partial charge in [0.15, 0.2) is 5.90 Å². The van der Waals surface area contributed by atoms with Gasteiger partial charge in [0.25, 0.3) is 0 Å². The van der Waals surface area contributed by atoms with Gasteiger partial charge >= 0.3 is 0 Å². The molecule has 1 aliphatic heterocycles. The van der Waals surface area contributed by atoms with E-state index in [1.54, 1.807) is 7.11 Å². The number of rotatable bonds is 1. The number of nitrogens with zero attached hydrogens (tertiary/aromatic N) is 1. The van der Waals surface area contributed by atoms with E-state index in [0.29, 0.717) is 0 Å². The summed E-state index contributed by atoms with van der Waals surface area (Å²) in [6.07, 6.45) is 2.07. The molecule has 96 valence electrons. The van der Waals surface area contributed by atoms with E-state index >= 15 is 0 Å². The van der Waals surface area contributed by atoms with E-state index in [4.69, 9.17) is 9.73 Å². The molecule has 0 amide bonds. The van der Waals surface area contributed by atoms with Gasteiger partial charge in [0.1, 0.15) is 0 Å². The largest absolute Gasteiger partial charge is 0.484 e. The summed E-state index contributed by atoms with van der Waals surface area (Å²) in [5, 5.41) is 0. The Hall–Kier alpha value is -2.09. The fraction of sp³-hybridized carbons (Fsp3) is 0.235. The molecule has 1 aliphatic rings. The second-order valence-corrected chi connectivity index (χ2v) is 4.78. The maximum absolute atomic E-state index is 5.55. The first kappa shape index (κ1) is 12.0. The molecule has 2 heteroatoms. The number of benzene rings is 2. The minimum atomic E-state index is 0.249. The molecule has 2 nitrogen and oxygen atoms in total. The number of aliphatic imine (C=N–C) groups is 1. The second-order valence-electron chi connectivity index (χ2n) is 4.78. The number of para-hydroxylation sites is 1. The first-order valence-corrected chi connectivity index (χ1v) is 6.64. The van der Waals surface area contributed by atoms with E-state index in [-0.39, 0.29) is 5.92 Å². The zero-order valence-corrected chi connectivity index (χ0v) is 11.0. The summed E-state index contributed by atoms with van der Waals surface area (Å²) >= 11 is 0. The highest BCUT2D eigenvalue weighted by atomic mass is 16.5. The van der Waals surface area contributed by atoms with E-state index in [1.165, 1.54) is 11.1 Å². The lowest BCUT2D eigenvalue weighted by molar-refractivity contribution is 0.380. The van der Waals surface area contributed by atoms with E-state index in [9.17, 15) is 0 Å². The van der Waals surface area contributed by atoms with Crippen LogP contribution in [0.1, 0.15) is 23.5 Å². The average molecular weight is 251 g/mol. The van der Waals surface area contributed by atoms with Crippen molar-refractivity contribution < 1.29 is 4.74 Å². The van der Waals surface area contributed by atoms with Crippen molar-refractivity contribution in [1.29, 1.82) is 0 Å². The smallest absolute Gasteiger partial charge is 0.195 e. The molecular formula is C17H17NO. The van der Waals surface area contributed by atoms with Crippen molar-refractivity contribution in [2.24, 2.45) is 4.99 Å². The van der Waals surface area contributed by atoms with E-state index < -0.39 is 0 Å². The Balaban J connectivity index is 2.02. The van der Waals surface area contributed by atoms with Gasteiger partial charge in [-0.05, 0) is 30.0 Å². The SMILES string of the molecule is COC1=Nc2ccccc2CCC1c1ccccc1. The Morgan fingerprint density at radius 2 is 1.74 bits per heavy atom. The highest BCUT2D eigenvalue weighted by molar-refractivity contribution is 5.87. The van der Waals surface area contributed by atoms with Gasteiger partial charge in [0.2, 0.25) is 0 Å². The van der Waals surface area contributed by atoms with Crippen LogP contribution in [0.25, 0.3) is 0 Å². The summed E-state index contributed by atoms with van der Waals surface area (Å²) < 4.78 is 5.55. The van der Waals surface area contributed by atoms with E-state index in [2.05, 4.69) is 42.5 Å². The highest BCUT2D eigenvalue weighted by Crippen LogP contribution is 2.32. The first-order valence-electron chi connectivity index (χ1n) is 6.64. The summed E-state index contributed by atoms with van der Waals surface area (Å²) in [5.74, 6) is 1.06. The average Bonchev–Trinajstić information content (AvgIpc) is 2.67. The van der Waals surface area contributed by atoms with Gasteiger partial charge in [-0.25, -0.2) is 4.99 Å². The molecule has 0 radical (unpaired) electrons. The van der Waals surface area contributed by atoms with Crippen LogP contribution in [0.2, 0.25) is 0 Å². The molecule has 0 fully saturated rings. The number of hydrogen-bond donors (Lipinski definition) is 0. The number of methoxy groups -OCH3 is 1. The predicted molar refractivity (Wildman–Crippen MR) is 78.1 cm³/mol. The van der Waals surface area contributed by atoms with Crippen molar-refractivity contribution in [2.45, 2.75) is 18.8 Å². The van der Waals surface area contributed by atoms with Gasteiger partial charge in [-0.3, -0.25) is 0 Å². The molecule has 0 saturated carbocycles. The third kappa shape index (κ3) is 2.39. The number of ether oxygens (including phenoxy) is 1. The number of aryl methyl sites for hydroxylation is 1. The summed E-state index contributed by atoms with van der Waals surface area (Å²) in [5.41, 5.74) is 3.61. The van der Waals surface area contributed by atoms with Gasteiger partial charge in [-0.2, -0.15) is 0 Å². The van der Waals surface area contributed by atoms with Crippen LogP contribution in [0, 0.1) is 0 Å². The third-order valence-electron chi connectivity index (χ3n) is 3.63. The zero-order valence-electron chi connectivity index (χ0n) is 11.0. The molecule has 0 N–H and O–H groups in total. The molecule has 3 rings (SSSR count). The Morgan fingerprint density at radius 3 is 2.53 bits per heavy atom. The summed E-state index contributed by atoms with van der Waals surface area (Å²) in [6.45, 7) is 0. The van der Waals surface area contributed by atoms with Gasteiger partial charge in [-0.1, -0.05) is 48.5 Å². The number of hydrogen-bond acceptors (Lipinski definition) is 2. The predicted octanol–water partition coefficient (Wildman–Crippen LogP) is 4.09. The van der Waals surface area contributed by atoms with Crippen molar-refractivity contribution in [2.75, 3.05) is 7.11 Å². The molecule has 1 unspecified atom stereocenters. The van der Waals surface area contributed by atoms with Crippen molar-refractivity contribution in [3.63, 3.8) is 0 Å². The van der Waals surface area contributed by atoms with Crippen LogP contribution in [0.3, 0.4) is 0 Å². The molecule has 0 aromatic heterocycles. The van der Waals surface area contributed by atoms with Crippen molar-refractivity contribution >= 4 is 11.6 Å². The Labute approximate surface area is 113 Å². The summed E-state index contributed by atoms with van der Waals surface area (Å²) in [6, 6.07) is 18.8. The molecule has 0 saturated heterocycles. The Morgan fingerprint density at radius 1 is 1.00 bits per heavy atom. The normalized spacial score (nSPS) is 18.2. The molecule has 19 heavy (non-hydrogen) atoms. The van der Waals surface area contributed by atoms with E-state index in [0.717, 1.165) is 24.4 Å². The monoisotopic (exact) mass is 251 g/mol. The fourth-order valence-corrected chi connectivity index (χ4v) is 2.63. The highest BCUT2D eigenvalue weighted by Gasteiger charge is 2.22. The second kappa shape index (κ2) is 5.27. The summed E-state index contributed by atoms with van der Waals surface area (Å²) in [7, 11) is 1.71. The lowest BCUT2D eigenvalue weighted by Gasteiger charge is -2.16. The molecule has 2 aromatic carbocycles. The first-order chi connectivity index (χ1) is 9.38. The molecule has 1 atom stereocenters. The molecule has 0 bridgehead atoms. The molecule has 1 heterocycles. The fourth-order valence-electron chi connectivity index (χ4n) is 2.63. The van der Waals surface area contributed by atoms with Gasteiger partial charge in [0.05, 0.1) is 18.7 Å². The van der Waals surface area contributed by atoms with Crippen LogP contribution in [0.5, 0.6) is 0 Å². The van der Waals surface area contributed by atoms with Crippen LogP contribution in [-0.2, 0) is 11.2 Å².